The van der Waals surface area contributed by atoms with Gasteiger partial charge in [-0.1, -0.05) is 0 Å². The van der Waals surface area contributed by atoms with Crippen LogP contribution in [0.5, 0.6) is 0 Å². The van der Waals surface area contributed by atoms with Gasteiger partial charge in [-0.15, -0.1) is 0 Å². The molecule has 3 nitrogen and oxygen atoms in total. The van der Waals surface area contributed by atoms with Gasteiger partial charge in [-0.2, -0.15) is 0 Å². The van der Waals surface area contributed by atoms with E-state index in [0.717, 1.165) is 6.29 Å². The molecular weight excluding hydrogens is 130 g/mol. The van der Waals surface area contributed by atoms with Crippen LogP contribution in [0, 0.1) is 0 Å². The average Bonchev–Trinajstić information content (AvgIpc) is 2.05. The Hall–Kier alpha value is -1.25. The Morgan fingerprint density at radius 2 is 2.40 bits per heavy atom. The lowest BCUT2D eigenvalue weighted by molar-refractivity contribution is -0.128. The van der Waals surface area contributed by atoms with Crippen molar-refractivity contribution in [2.24, 2.45) is 0 Å². The van der Waals surface area contributed by atoms with E-state index in [1.54, 1.807) is 19.2 Å². The first-order valence-electron chi connectivity index (χ1n) is 3.08. The summed E-state index contributed by atoms with van der Waals surface area (Å²) in [5, 5.41) is 1.48. The van der Waals surface area contributed by atoms with Crippen molar-refractivity contribution >= 4 is 6.29 Å². The molecule has 0 fully saturated rings. The lowest BCUT2D eigenvalue weighted by Gasteiger charge is -2.22. The highest BCUT2D eigenvalue weighted by Crippen LogP contribution is 2.03. The topological polar surface area (TPSA) is 29.5 Å². The van der Waals surface area contributed by atoms with Gasteiger partial charge in [0.1, 0.15) is 18.6 Å². The van der Waals surface area contributed by atoms with E-state index in [1.807, 2.05) is 6.08 Å². The van der Waals surface area contributed by atoms with Gasteiger partial charge in [0, 0.05) is 6.20 Å². The minimum Gasteiger partial charge on any atom is -0.387 e. The molecule has 1 heterocycles. The Kier molecular flexibility index (Phi) is 2.10. The summed E-state index contributed by atoms with van der Waals surface area (Å²) in [4.78, 5) is 15.2. The van der Waals surface area contributed by atoms with Gasteiger partial charge >= 0.3 is 0 Å². The van der Waals surface area contributed by atoms with E-state index >= 15 is 0 Å². The summed E-state index contributed by atoms with van der Waals surface area (Å²) in [6, 6.07) is -0.221. The largest absolute Gasteiger partial charge is 0.387 e. The van der Waals surface area contributed by atoms with Crippen molar-refractivity contribution in [3.63, 3.8) is 0 Å². The number of allylic oxidation sites excluding steroid dienone is 2. The lowest BCUT2D eigenvalue weighted by atomic mass is 10.4. The zero-order valence-electron chi connectivity index (χ0n) is 5.73. The smallest absolute Gasteiger partial charge is 0.145 e. The summed E-state index contributed by atoms with van der Waals surface area (Å²) in [5.41, 5.74) is 0. The Morgan fingerprint density at radius 1 is 1.60 bits per heavy atom. The normalized spacial score (nSPS) is 18.3. The fraction of sp³-hybridized carbons (Fsp3) is 0.286. The molecule has 1 rings (SSSR count). The Balaban J connectivity index is 2.50. The van der Waals surface area contributed by atoms with E-state index in [2.05, 4.69) is 0 Å². The Labute approximate surface area is 59.5 Å². The number of hydroxylamine groups is 2. The van der Waals surface area contributed by atoms with Crippen molar-refractivity contribution in [1.82, 2.24) is 5.06 Å². The molecule has 0 aromatic carbocycles. The van der Waals surface area contributed by atoms with Gasteiger partial charge in [-0.05, 0) is 19.1 Å². The number of rotatable bonds is 2. The molecular formula is C7H9NO2. The molecule has 54 valence electrons. The minimum absolute atomic E-state index is 0.221. The maximum Gasteiger partial charge on any atom is 0.145 e. The molecule has 1 unspecified atom stereocenters. The second-order valence-electron chi connectivity index (χ2n) is 2.01. The summed E-state index contributed by atoms with van der Waals surface area (Å²) in [6.07, 6.45) is 7.63. The number of hydrogen-bond acceptors (Lipinski definition) is 3. The third-order valence-electron chi connectivity index (χ3n) is 1.20. The van der Waals surface area contributed by atoms with Gasteiger partial charge in [0.15, 0.2) is 0 Å². The first kappa shape index (κ1) is 6.86. The highest BCUT2D eigenvalue weighted by atomic mass is 16.7. The zero-order valence-corrected chi connectivity index (χ0v) is 5.73. The van der Waals surface area contributed by atoms with Gasteiger partial charge < -0.3 is 9.63 Å². The molecule has 0 bridgehead atoms. The van der Waals surface area contributed by atoms with Gasteiger partial charge in [0.25, 0.3) is 0 Å². The number of carbonyl (C=O) groups is 1. The highest BCUT2D eigenvalue weighted by Gasteiger charge is 2.08. The van der Waals surface area contributed by atoms with Crippen molar-refractivity contribution in [3.05, 3.63) is 24.6 Å². The Bertz CT molecular complexity index is 174. The second-order valence-corrected chi connectivity index (χ2v) is 2.01. The summed E-state index contributed by atoms with van der Waals surface area (Å²) in [5.74, 6) is 0. The molecule has 3 heteroatoms. The van der Waals surface area contributed by atoms with Crippen LogP contribution in [0.15, 0.2) is 24.6 Å². The summed E-state index contributed by atoms with van der Waals surface area (Å²) < 4.78 is 0. The van der Waals surface area contributed by atoms with E-state index in [-0.39, 0.29) is 6.04 Å². The highest BCUT2D eigenvalue weighted by molar-refractivity contribution is 5.56. The number of aldehydes is 1. The van der Waals surface area contributed by atoms with Crippen LogP contribution in [0.25, 0.3) is 0 Å². The minimum atomic E-state index is -0.221. The van der Waals surface area contributed by atoms with Crippen LogP contribution in [0.3, 0.4) is 0 Å². The average molecular weight is 139 g/mol. The molecule has 10 heavy (non-hydrogen) atoms. The van der Waals surface area contributed by atoms with E-state index in [1.165, 1.54) is 11.3 Å². The van der Waals surface area contributed by atoms with Gasteiger partial charge in [-0.25, -0.2) is 5.06 Å². The van der Waals surface area contributed by atoms with E-state index in [9.17, 15) is 4.79 Å². The number of carbonyl (C=O) groups excluding carboxylic acids is 1. The van der Waals surface area contributed by atoms with E-state index in [4.69, 9.17) is 4.84 Å². The molecule has 0 aromatic heterocycles. The molecule has 0 aliphatic carbocycles. The van der Waals surface area contributed by atoms with E-state index < -0.39 is 0 Å². The second kappa shape index (κ2) is 3.06. The summed E-state index contributed by atoms with van der Waals surface area (Å²) in [6.45, 7) is 1.76. The van der Waals surface area contributed by atoms with Gasteiger partial charge in [0.2, 0.25) is 0 Å². The molecule has 0 amide bonds. The van der Waals surface area contributed by atoms with Crippen molar-refractivity contribution < 1.29 is 9.63 Å². The molecule has 0 spiro atoms. The lowest BCUT2D eigenvalue weighted by Crippen LogP contribution is -2.28. The molecule has 1 aliphatic rings. The maximum absolute atomic E-state index is 10.2. The third kappa shape index (κ3) is 1.37. The fourth-order valence-electron chi connectivity index (χ4n) is 0.612. The molecule has 0 saturated carbocycles. The predicted molar refractivity (Wildman–Crippen MR) is 36.7 cm³/mol. The molecule has 0 radical (unpaired) electrons. The van der Waals surface area contributed by atoms with Crippen LogP contribution in [0.4, 0.5) is 0 Å². The van der Waals surface area contributed by atoms with Crippen LogP contribution in [0.1, 0.15) is 6.92 Å². The van der Waals surface area contributed by atoms with Crippen LogP contribution in [-0.2, 0) is 9.63 Å². The van der Waals surface area contributed by atoms with E-state index in [0.29, 0.717) is 0 Å². The van der Waals surface area contributed by atoms with Crippen molar-refractivity contribution in [2.75, 3.05) is 0 Å². The first-order valence-corrected chi connectivity index (χ1v) is 3.08. The number of nitrogens with zero attached hydrogens (tertiary/aromatic N) is 1. The van der Waals surface area contributed by atoms with Crippen LogP contribution in [0.2, 0.25) is 0 Å². The predicted octanol–water partition coefficient (Wildman–Crippen LogP) is 0.848. The monoisotopic (exact) mass is 139 g/mol. The fourth-order valence-corrected chi connectivity index (χ4v) is 0.612. The van der Waals surface area contributed by atoms with Crippen molar-refractivity contribution in [1.29, 1.82) is 0 Å². The molecule has 1 aliphatic heterocycles. The quantitative estimate of drug-likeness (QED) is 0.531. The molecule has 0 N–H and O–H groups in total. The molecule has 1 atom stereocenters. The maximum atomic E-state index is 10.2. The first-order chi connectivity index (χ1) is 4.84. The standard InChI is InChI=1S/C7H9NO2/c1-7(6-9)8-4-2-3-5-10-8/h2-7H,1H3. The van der Waals surface area contributed by atoms with Crippen LogP contribution in [-0.4, -0.2) is 17.4 Å². The SMILES string of the molecule is CC(C=O)N1C=CC=CO1. The molecule has 0 saturated heterocycles. The zero-order chi connectivity index (χ0) is 7.40. The third-order valence-corrected chi connectivity index (χ3v) is 1.20. The summed E-state index contributed by atoms with van der Waals surface area (Å²) >= 11 is 0. The molecule has 0 aromatic rings. The summed E-state index contributed by atoms with van der Waals surface area (Å²) in [7, 11) is 0. The van der Waals surface area contributed by atoms with Crippen LogP contribution < -0.4 is 0 Å². The van der Waals surface area contributed by atoms with Crippen molar-refractivity contribution in [2.45, 2.75) is 13.0 Å². The van der Waals surface area contributed by atoms with Gasteiger partial charge in [0.05, 0.1) is 0 Å². The van der Waals surface area contributed by atoms with Crippen molar-refractivity contribution in [3.8, 4) is 0 Å². The van der Waals surface area contributed by atoms with Gasteiger partial charge in [-0.3, -0.25) is 0 Å². The number of hydrogen-bond donors (Lipinski definition) is 0. The Morgan fingerprint density at radius 3 is 2.90 bits per heavy atom. The van der Waals surface area contributed by atoms with Crippen LogP contribution >= 0.6 is 0 Å².